The van der Waals surface area contributed by atoms with Gasteiger partial charge in [-0.05, 0) is 0 Å². The minimum absolute atomic E-state index is 0.175. The van der Waals surface area contributed by atoms with Crippen molar-refractivity contribution in [1.82, 2.24) is 12.7 Å². The summed E-state index contributed by atoms with van der Waals surface area (Å²) in [5.74, 6) is 0. The summed E-state index contributed by atoms with van der Waals surface area (Å²) in [6, 6.07) is 0. The zero-order valence-electron chi connectivity index (χ0n) is 9.31. The molecule has 2 aliphatic heterocycles. The maximum absolute atomic E-state index is 11.7. The summed E-state index contributed by atoms with van der Waals surface area (Å²) in [5.41, 5.74) is 0. The van der Waals surface area contributed by atoms with Crippen LogP contribution >= 0.6 is 0 Å². The number of ether oxygens (including phenoxy) is 2. The molecule has 19 heavy (non-hydrogen) atoms. The molecule has 0 saturated carbocycles. The summed E-state index contributed by atoms with van der Waals surface area (Å²) >= 11 is 0. The molecule has 0 aromatic heterocycles. The number of nitrogens with one attached hydrogen (secondary N) is 1. The van der Waals surface area contributed by atoms with Crippen molar-refractivity contribution in [2.75, 3.05) is 26.3 Å². The van der Waals surface area contributed by atoms with Crippen LogP contribution in [-0.4, -0.2) is 63.9 Å². The third-order valence-corrected chi connectivity index (χ3v) is 5.75. The van der Waals surface area contributed by atoms with Gasteiger partial charge in [0.05, 0.1) is 13.1 Å². The Bertz CT molecular complexity index is 556. The van der Waals surface area contributed by atoms with Gasteiger partial charge in [0.1, 0.15) is 13.2 Å². The molecule has 108 valence electrons. The van der Waals surface area contributed by atoms with E-state index in [4.69, 9.17) is 0 Å². The summed E-state index contributed by atoms with van der Waals surface area (Å²) in [7, 11) is -9.31. The van der Waals surface area contributed by atoms with Crippen molar-refractivity contribution in [1.29, 1.82) is 0 Å². The third-order valence-electron chi connectivity index (χ3n) is 2.24. The lowest BCUT2D eigenvalue weighted by atomic mass is 10.7. The van der Waals surface area contributed by atoms with Crippen molar-refractivity contribution < 1.29 is 35.9 Å². The highest BCUT2D eigenvalue weighted by atomic mass is 32.3. The number of carbonyl (C=O) groups excluding carboxylic acids is 2. The summed E-state index contributed by atoms with van der Waals surface area (Å²) in [5, 5.41) is 0. The molecule has 0 atom stereocenters. The second-order valence-corrected chi connectivity index (χ2v) is 6.91. The second-order valence-electron chi connectivity index (χ2n) is 3.47. The first-order valence-corrected chi connectivity index (χ1v) is 7.79. The fraction of sp³-hybridized carbons (Fsp3) is 0.667. The molecule has 13 heteroatoms. The molecular weight excluding hydrogens is 306 g/mol. The largest absolute Gasteiger partial charge is 0.447 e. The van der Waals surface area contributed by atoms with Crippen LogP contribution in [0.15, 0.2) is 0 Å². The van der Waals surface area contributed by atoms with E-state index in [-0.39, 0.29) is 34.9 Å². The lowest BCUT2D eigenvalue weighted by Crippen LogP contribution is -2.49. The first-order valence-electron chi connectivity index (χ1n) is 4.91. The molecule has 0 radical (unpaired) electrons. The zero-order chi connectivity index (χ0) is 14.3. The van der Waals surface area contributed by atoms with Gasteiger partial charge in [-0.2, -0.15) is 25.4 Å². The maximum Gasteiger partial charge on any atom is 0.424 e. The van der Waals surface area contributed by atoms with Gasteiger partial charge in [0, 0.05) is 0 Å². The van der Waals surface area contributed by atoms with E-state index in [0.29, 0.717) is 0 Å². The van der Waals surface area contributed by atoms with Crippen LogP contribution in [0.1, 0.15) is 0 Å². The normalized spacial score (nSPS) is 20.6. The van der Waals surface area contributed by atoms with E-state index in [1.165, 1.54) is 4.13 Å². The number of hydrogen-bond acceptors (Lipinski definition) is 8. The molecule has 2 rings (SSSR count). The molecule has 2 heterocycles. The van der Waals surface area contributed by atoms with Crippen LogP contribution < -0.4 is 4.13 Å². The number of cyclic esters (lactones) is 2. The van der Waals surface area contributed by atoms with Gasteiger partial charge in [0.25, 0.3) is 0 Å². The van der Waals surface area contributed by atoms with E-state index in [9.17, 15) is 26.4 Å². The van der Waals surface area contributed by atoms with E-state index in [1.807, 2.05) is 0 Å². The van der Waals surface area contributed by atoms with Crippen molar-refractivity contribution in [3.63, 3.8) is 0 Å². The molecule has 0 aliphatic carbocycles. The molecule has 0 aromatic carbocycles. The molecule has 2 amide bonds. The lowest BCUT2D eigenvalue weighted by molar-refractivity contribution is 0.169. The van der Waals surface area contributed by atoms with Gasteiger partial charge in [-0.3, -0.25) is 0 Å². The number of nitrogens with zero attached hydrogens (tertiary/aromatic N) is 2. The predicted molar refractivity (Wildman–Crippen MR) is 57.1 cm³/mol. The van der Waals surface area contributed by atoms with Crippen LogP contribution in [0, 0.1) is 0 Å². The fourth-order valence-electron chi connectivity index (χ4n) is 1.42. The first-order chi connectivity index (χ1) is 8.74. The van der Waals surface area contributed by atoms with Gasteiger partial charge in [-0.1, -0.05) is 4.13 Å². The Morgan fingerprint density at radius 2 is 1.21 bits per heavy atom. The van der Waals surface area contributed by atoms with Gasteiger partial charge in [0.2, 0.25) is 0 Å². The van der Waals surface area contributed by atoms with E-state index in [1.54, 1.807) is 0 Å². The highest BCUT2D eigenvalue weighted by Crippen LogP contribution is 2.13. The molecule has 0 aromatic rings. The maximum atomic E-state index is 11.7. The Balaban J connectivity index is 2.20. The minimum Gasteiger partial charge on any atom is -0.447 e. The highest BCUT2D eigenvalue weighted by Gasteiger charge is 2.41. The van der Waals surface area contributed by atoms with Gasteiger partial charge >= 0.3 is 32.6 Å². The van der Waals surface area contributed by atoms with Crippen molar-refractivity contribution >= 4 is 32.6 Å². The average Bonchev–Trinajstić information content (AvgIpc) is 2.85. The van der Waals surface area contributed by atoms with E-state index >= 15 is 0 Å². The van der Waals surface area contributed by atoms with Gasteiger partial charge in [0.15, 0.2) is 0 Å². The number of hydrogen-bond donors (Lipinski definition) is 1. The van der Waals surface area contributed by atoms with Crippen molar-refractivity contribution in [2.45, 2.75) is 0 Å². The summed E-state index contributed by atoms with van der Waals surface area (Å²) in [6.45, 7) is -0.973. The van der Waals surface area contributed by atoms with Crippen LogP contribution in [0.25, 0.3) is 0 Å². The molecule has 0 bridgehead atoms. The average molecular weight is 315 g/mol. The Morgan fingerprint density at radius 3 is 1.47 bits per heavy atom. The monoisotopic (exact) mass is 315 g/mol. The van der Waals surface area contributed by atoms with Crippen LogP contribution in [0.5, 0.6) is 0 Å². The SMILES string of the molecule is O=C1OCCN1S(=O)(=O)NS(=O)(=O)N1CCOC1=O. The van der Waals surface area contributed by atoms with E-state index < -0.39 is 32.6 Å². The highest BCUT2D eigenvalue weighted by molar-refractivity contribution is 8.03. The Kier molecular flexibility index (Phi) is 3.27. The molecule has 2 aliphatic rings. The number of carbonyl (C=O) groups is 2. The van der Waals surface area contributed by atoms with Crippen molar-refractivity contribution in [3.05, 3.63) is 0 Å². The zero-order valence-corrected chi connectivity index (χ0v) is 10.9. The predicted octanol–water partition coefficient (Wildman–Crippen LogP) is -2.03. The standard InChI is InChI=1S/C6H9N3O8S2/c10-5-8(1-3-16-5)18(12,13)7-19(14,15)9-2-4-17-6(9)11/h7H,1-4H2. The fourth-order valence-corrected chi connectivity index (χ4v) is 4.33. The van der Waals surface area contributed by atoms with Crippen LogP contribution in [0.3, 0.4) is 0 Å². The Hall–Kier alpha value is -1.60. The summed E-state index contributed by atoms with van der Waals surface area (Å²) < 4.78 is 57.2. The van der Waals surface area contributed by atoms with Gasteiger partial charge in [-0.25, -0.2) is 9.59 Å². The smallest absolute Gasteiger partial charge is 0.424 e. The van der Waals surface area contributed by atoms with Crippen molar-refractivity contribution in [3.8, 4) is 0 Å². The van der Waals surface area contributed by atoms with Crippen LogP contribution in [-0.2, 0) is 29.9 Å². The second kappa shape index (κ2) is 4.50. The van der Waals surface area contributed by atoms with Crippen LogP contribution in [0.4, 0.5) is 9.59 Å². The van der Waals surface area contributed by atoms with Crippen molar-refractivity contribution in [2.24, 2.45) is 0 Å². The van der Waals surface area contributed by atoms with E-state index in [0.717, 1.165) is 0 Å². The summed E-state index contributed by atoms with van der Waals surface area (Å²) in [4.78, 5) is 22.2. The Labute approximate surface area is 108 Å². The molecular formula is C6H9N3O8S2. The van der Waals surface area contributed by atoms with Gasteiger partial charge < -0.3 is 9.47 Å². The lowest BCUT2D eigenvalue weighted by Gasteiger charge is -2.17. The minimum atomic E-state index is -4.66. The van der Waals surface area contributed by atoms with Gasteiger partial charge in [-0.15, -0.1) is 0 Å². The third kappa shape index (κ3) is 2.57. The Morgan fingerprint density at radius 1 is 0.842 bits per heavy atom. The molecule has 2 fully saturated rings. The number of rotatable bonds is 4. The quantitative estimate of drug-likeness (QED) is 0.626. The first kappa shape index (κ1) is 13.8. The van der Waals surface area contributed by atoms with E-state index in [2.05, 4.69) is 9.47 Å². The topological polar surface area (TPSA) is 139 Å². The molecule has 2 saturated heterocycles. The molecule has 1 N–H and O–H groups in total. The number of amides is 2. The molecule has 0 spiro atoms. The molecule has 0 unspecified atom stereocenters. The van der Waals surface area contributed by atoms with Crippen LogP contribution in [0.2, 0.25) is 0 Å². The molecule has 11 nitrogen and oxygen atoms in total. The summed E-state index contributed by atoms with van der Waals surface area (Å²) in [6.07, 6.45) is -2.38.